The van der Waals surface area contributed by atoms with Gasteiger partial charge in [-0.05, 0) is 54.3 Å². The van der Waals surface area contributed by atoms with Gasteiger partial charge in [0.25, 0.3) is 0 Å². The summed E-state index contributed by atoms with van der Waals surface area (Å²) < 4.78 is 5.79. The first kappa shape index (κ1) is 12.5. The minimum absolute atomic E-state index is 0.540. The molecule has 2 heteroatoms. The van der Waals surface area contributed by atoms with Gasteiger partial charge in [-0.3, -0.25) is 0 Å². The maximum atomic E-state index is 5.79. The lowest BCUT2D eigenvalue weighted by molar-refractivity contribution is 0.482. The highest BCUT2D eigenvalue weighted by atomic mass is 16.5. The molecular weight excluding hydrogens is 222 g/mol. The van der Waals surface area contributed by atoms with Crippen molar-refractivity contribution in [3.63, 3.8) is 0 Å². The molecular formula is C16H19NO. The lowest BCUT2D eigenvalue weighted by Gasteiger charge is -2.09. The summed E-state index contributed by atoms with van der Waals surface area (Å²) in [6, 6.07) is 13.9. The van der Waals surface area contributed by atoms with Crippen LogP contribution in [0.5, 0.6) is 11.5 Å². The van der Waals surface area contributed by atoms with Gasteiger partial charge in [-0.2, -0.15) is 0 Å². The van der Waals surface area contributed by atoms with Crippen LogP contribution in [-0.4, -0.2) is 0 Å². The van der Waals surface area contributed by atoms with Crippen LogP contribution in [0.25, 0.3) is 0 Å². The molecule has 0 aliphatic carbocycles. The number of nitrogen functional groups attached to an aromatic ring is 1. The summed E-state index contributed by atoms with van der Waals surface area (Å²) >= 11 is 0. The van der Waals surface area contributed by atoms with E-state index in [4.69, 9.17) is 10.5 Å². The summed E-state index contributed by atoms with van der Waals surface area (Å²) in [6.45, 7) is 6.34. The van der Waals surface area contributed by atoms with Crippen molar-refractivity contribution in [2.75, 3.05) is 5.73 Å². The summed E-state index contributed by atoms with van der Waals surface area (Å²) in [7, 11) is 0. The van der Waals surface area contributed by atoms with Crippen molar-refractivity contribution in [3.05, 3.63) is 53.6 Å². The highest BCUT2D eigenvalue weighted by Crippen LogP contribution is 2.26. The molecule has 2 aromatic carbocycles. The number of hydrogen-bond donors (Lipinski definition) is 1. The molecule has 0 aliphatic rings. The average molecular weight is 241 g/mol. The third-order valence-corrected chi connectivity index (χ3v) is 3.02. The Balaban J connectivity index is 2.15. The summed E-state index contributed by atoms with van der Waals surface area (Å²) in [4.78, 5) is 0. The molecule has 2 nitrogen and oxygen atoms in total. The second kappa shape index (κ2) is 5.13. The molecule has 0 unspecified atom stereocenters. The van der Waals surface area contributed by atoms with Crippen molar-refractivity contribution in [1.29, 1.82) is 0 Å². The number of ether oxygens (including phenoxy) is 1. The first-order valence-corrected chi connectivity index (χ1v) is 6.20. The quantitative estimate of drug-likeness (QED) is 0.803. The van der Waals surface area contributed by atoms with Gasteiger partial charge in [0.05, 0.1) is 0 Å². The van der Waals surface area contributed by atoms with Crippen molar-refractivity contribution in [2.45, 2.75) is 26.7 Å². The van der Waals surface area contributed by atoms with Crippen molar-refractivity contribution in [1.82, 2.24) is 0 Å². The van der Waals surface area contributed by atoms with E-state index < -0.39 is 0 Å². The average Bonchev–Trinajstić information content (AvgIpc) is 2.34. The number of hydrogen-bond acceptors (Lipinski definition) is 2. The third kappa shape index (κ3) is 2.83. The summed E-state index contributed by atoms with van der Waals surface area (Å²) in [5, 5.41) is 0. The lowest BCUT2D eigenvalue weighted by atomic mass is 10.0. The largest absolute Gasteiger partial charge is 0.457 e. The van der Waals surface area contributed by atoms with E-state index in [-0.39, 0.29) is 0 Å². The molecule has 94 valence electrons. The lowest BCUT2D eigenvalue weighted by Crippen LogP contribution is -1.91. The smallest absolute Gasteiger partial charge is 0.127 e. The SMILES string of the molecule is Cc1cc(Oc2ccc(C(C)C)cc2)ccc1N. The number of anilines is 1. The first-order chi connectivity index (χ1) is 8.56. The van der Waals surface area contributed by atoms with Gasteiger partial charge in [0.15, 0.2) is 0 Å². The van der Waals surface area contributed by atoms with Gasteiger partial charge in [0.1, 0.15) is 11.5 Å². The van der Waals surface area contributed by atoms with E-state index in [0.29, 0.717) is 5.92 Å². The standard InChI is InChI=1S/C16H19NO/c1-11(2)13-4-6-14(7-5-13)18-15-8-9-16(17)12(3)10-15/h4-11H,17H2,1-3H3. The highest BCUT2D eigenvalue weighted by Gasteiger charge is 2.02. The topological polar surface area (TPSA) is 35.2 Å². The van der Waals surface area contributed by atoms with Crippen LogP contribution < -0.4 is 10.5 Å². The van der Waals surface area contributed by atoms with Crippen LogP contribution in [0.4, 0.5) is 5.69 Å². The minimum atomic E-state index is 0.540. The molecule has 0 aliphatic heterocycles. The van der Waals surface area contributed by atoms with Crippen molar-refractivity contribution < 1.29 is 4.74 Å². The Morgan fingerprint density at radius 1 is 0.944 bits per heavy atom. The zero-order valence-electron chi connectivity index (χ0n) is 11.1. The Kier molecular flexibility index (Phi) is 3.56. The van der Waals surface area contributed by atoms with Crippen LogP contribution in [-0.2, 0) is 0 Å². The monoisotopic (exact) mass is 241 g/mol. The summed E-state index contributed by atoms with van der Waals surface area (Å²) in [5.41, 5.74) is 8.92. The molecule has 0 bridgehead atoms. The maximum absolute atomic E-state index is 5.79. The van der Waals surface area contributed by atoms with E-state index in [1.807, 2.05) is 37.3 Å². The van der Waals surface area contributed by atoms with Gasteiger partial charge in [0.2, 0.25) is 0 Å². The molecule has 2 rings (SSSR count). The number of rotatable bonds is 3. The third-order valence-electron chi connectivity index (χ3n) is 3.02. The van der Waals surface area contributed by atoms with Gasteiger partial charge >= 0.3 is 0 Å². The molecule has 0 radical (unpaired) electrons. The fourth-order valence-electron chi connectivity index (χ4n) is 1.77. The second-order valence-corrected chi connectivity index (χ2v) is 4.84. The second-order valence-electron chi connectivity index (χ2n) is 4.84. The van der Waals surface area contributed by atoms with Crippen LogP contribution in [0.2, 0.25) is 0 Å². The van der Waals surface area contributed by atoms with E-state index in [2.05, 4.69) is 26.0 Å². The van der Waals surface area contributed by atoms with E-state index in [0.717, 1.165) is 22.7 Å². The molecule has 0 spiro atoms. The molecule has 2 aromatic rings. The van der Waals surface area contributed by atoms with Crippen LogP contribution in [0.3, 0.4) is 0 Å². The Bertz CT molecular complexity index is 529. The number of benzene rings is 2. The normalized spacial score (nSPS) is 10.7. The summed E-state index contributed by atoms with van der Waals surface area (Å²) in [5.74, 6) is 2.21. The molecule has 0 amide bonds. The van der Waals surface area contributed by atoms with Crippen LogP contribution in [0.1, 0.15) is 30.9 Å². The Morgan fingerprint density at radius 3 is 2.11 bits per heavy atom. The maximum Gasteiger partial charge on any atom is 0.127 e. The van der Waals surface area contributed by atoms with Crippen molar-refractivity contribution in [3.8, 4) is 11.5 Å². The molecule has 0 heterocycles. The van der Waals surface area contributed by atoms with Gasteiger partial charge in [-0.1, -0.05) is 26.0 Å². The fourth-order valence-corrected chi connectivity index (χ4v) is 1.77. The fraction of sp³-hybridized carbons (Fsp3) is 0.250. The summed E-state index contributed by atoms with van der Waals surface area (Å²) in [6.07, 6.45) is 0. The number of nitrogens with two attached hydrogens (primary N) is 1. The molecule has 0 fully saturated rings. The molecule has 2 N–H and O–H groups in total. The molecule has 0 aromatic heterocycles. The molecule has 0 saturated heterocycles. The van der Waals surface area contributed by atoms with E-state index in [1.54, 1.807) is 0 Å². The van der Waals surface area contributed by atoms with Crippen LogP contribution in [0, 0.1) is 6.92 Å². The van der Waals surface area contributed by atoms with Gasteiger partial charge < -0.3 is 10.5 Å². The zero-order valence-corrected chi connectivity index (χ0v) is 11.1. The molecule has 18 heavy (non-hydrogen) atoms. The highest BCUT2D eigenvalue weighted by molar-refractivity contribution is 5.50. The van der Waals surface area contributed by atoms with Crippen LogP contribution in [0.15, 0.2) is 42.5 Å². The predicted octanol–water partition coefficient (Wildman–Crippen LogP) is 4.49. The first-order valence-electron chi connectivity index (χ1n) is 6.20. The van der Waals surface area contributed by atoms with E-state index >= 15 is 0 Å². The van der Waals surface area contributed by atoms with Gasteiger partial charge in [-0.15, -0.1) is 0 Å². The predicted molar refractivity (Wildman–Crippen MR) is 76.2 cm³/mol. The van der Waals surface area contributed by atoms with Gasteiger partial charge in [-0.25, -0.2) is 0 Å². The van der Waals surface area contributed by atoms with E-state index in [1.165, 1.54) is 5.56 Å². The zero-order chi connectivity index (χ0) is 13.1. The Hall–Kier alpha value is -1.96. The minimum Gasteiger partial charge on any atom is -0.457 e. The van der Waals surface area contributed by atoms with E-state index in [9.17, 15) is 0 Å². The molecule has 0 saturated carbocycles. The van der Waals surface area contributed by atoms with Gasteiger partial charge in [0, 0.05) is 5.69 Å². The number of aryl methyl sites for hydroxylation is 1. The van der Waals surface area contributed by atoms with Crippen LogP contribution >= 0.6 is 0 Å². The molecule has 0 atom stereocenters. The Morgan fingerprint density at radius 2 is 1.56 bits per heavy atom. The van der Waals surface area contributed by atoms with Crippen molar-refractivity contribution >= 4 is 5.69 Å². The Labute approximate surface area is 108 Å². The van der Waals surface area contributed by atoms with Crippen molar-refractivity contribution in [2.24, 2.45) is 0 Å².